The average Bonchev–Trinajstić information content (AvgIpc) is 3.26. The van der Waals surface area contributed by atoms with Gasteiger partial charge in [0.15, 0.2) is 0 Å². The Morgan fingerprint density at radius 1 is 1.24 bits per heavy atom. The number of urea groups is 1. The maximum Gasteiger partial charge on any atom is 0.416 e. The van der Waals surface area contributed by atoms with Crippen molar-refractivity contribution in [2.45, 2.75) is 25.9 Å². The lowest BCUT2D eigenvalue weighted by atomic mass is 10.0. The van der Waals surface area contributed by atoms with Crippen LogP contribution in [-0.4, -0.2) is 65.6 Å². The molecule has 1 atom stereocenters. The number of anilines is 2. The summed E-state index contributed by atoms with van der Waals surface area (Å²) in [7, 11) is 0. The average molecular weight is 485 g/mol. The topological polar surface area (TPSA) is 82.6 Å². The molecule has 0 bridgehead atoms. The summed E-state index contributed by atoms with van der Waals surface area (Å²) in [6.45, 7) is 6.02. The molecule has 2 aromatic rings. The van der Waals surface area contributed by atoms with E-state index in [0.717, 1.165) is 49.8 Å². The third-order valence-corrected chi connectivity index (χ3v) is 6.32. The molecule has 8 nitrogen and oxygen atoms in total. The van der Waals surface area contributed by atoms with Crippen molar-refractivity contribution < 1.29 is 22.7 Å². The van der Waals surface area contributed by atoms with Crippen LogP contribution in [0.3, 0.4) is 0 Å². The van der Waals surface area contributed by atoms with Crippen LogP contribution in [0.5, 0.6) is 5.88 Å². The standard InChI is InChI=1S/C21H27F3N6O2S/c1-14-9-16(21(22,23)24)11-17(10-14)26-20(31)30-7-5-29(6-8-30)18-19(28-33-27-18)32-13-15-3-2-4-25-12-15/h9-11,15,25H,2-8,12-13H2,1H3,(H,26,31). The fourth-order valence-corrected chi connectivity index (χ4v) is 4.59. The second-order valence-electron chi connectivity index (χ2n) is 8.41. The van der Waals surface area contributed by atoms with Crippen molar-refractivity contribution in [3.05, 3.63) is 29.3 Å². The van der Waals surface area contributed by atoms with Gasteiger partial charge >= 0.3 is 12.2 Å². The molecule has 0 radical (unpaired) electrons. The highest BCUT2D eigenvalue weighted by Gasteiger charge is 2.31. The molecule has 2 amide bonds. The molecule has 1 aromatic heterocycles. The predicted molar refractivity (Wildman–Crippen MR) is 120 cm³/mol. The lowest BCUT2D eigenvalue weighted by Crippen LogP contribution is -2.50. The van der Waals surface area contributed by atoms with Gasteiger partial charge in [0.25, 0.3) is 5.88 Å². The molecular weight excluding hydrogens is 457 g/mol. The van der Waals surface area contributed by atoms with Gasteiger partial charge in [0.05, 0.1) is 23.9 Å². The van der Waals surface area contributed by atoms with Gasteiger partial charge < -0.3 is 25.2 Å². The van der Waals surface area contributed by atoms with Gasteiger partial charge in [-0.25, -0.2) is 4.79 Å². The third kappa shape index (κ3) is 6.05. The Hall–Kier alpha value is -2.60. The Kier molecular flexibility index (Phi) is 7.23. The number of benzene rings is 1. The highest BCUT2D eigenvalue weighted by Crippen LogP contribution is 2.32. The number of amides is 2. The van der Waals surface area contributed by atoms with Crippen LogP contribution >= 0.6 is 11.7 Å². The first-order valence-electron chi connectivity index (χ1n) is 11.0. The summed E-state index contributed by atoms with van der Waals surface area (Å²) in [5.74, 6) is 1.65. The molecule has 2 fully saturated rings. The molecule has 1 aromatic carbocycles. The van der Waals surface area contributed by atoms with Gasteiger partial charge in [0, 0.05) is 44.3 Å². The number of carbonyl (C=O) groups is 1. The SMILES string of the molecule is Cc1cc(NC(=O)N2CCN(c3nsnc3OCC3CCCNC3)CC2)cc(C(F)(F)F)c1. The predicted octanol–water partition coefficient (Wildman–Crippen LogP) is 3.60. The van der Waals surface area contributed by atoms with Crippen molar-refractivity contribution >= 4 is 29.3 Å². The van der Waals surface area contributed by atoms with Gasteiger partial charge in [-0.15, -0.1) is 4.37 Å². The first-order chi connectivity index (χ1) is 15.8. The Labute approximate surface area is 194 Å². The maximum absolute atomic E-state index is 13.1. The van der Waals surface area contributed by atoms with E-state index in [2.05, 4.69) is 19.4 Å². The summed E-state index contributed by atoms with van der Waals surface area (Å²) in [5.41, 5.74) is -0.223. The van der Waals surface area contributed by atoms with Crippen LogP contribution in [0, 0.1) is 12.8 Å². The van der Waals surface area contributed by atoms with E-state index in [0.29, 0.717) is 56.0 Å². The van der Waals surface area contributed by atoms with E-state index in [1.807, 2.05) is 4.90 Å². The number of nitrogens with one attached hydrogen (secondary N) is 2. The third-order valence-electron chi connectivity index (χ3n) is 5.82. The number of alkyl halides is 3. The summed E-state index contributed by atoms with van der Waals surface area (Å²) in [5, 5.41) is 5.96. The fourth-order valence-electron chi connectivity index (χ4n) is 4.07. The molecule has 12 heteroatoms. The van der Waals surface area contributed by atoms with E-state index < -0.39 is 17.8 Å². The number of aryl methyl sites for hydroxylation is 1. The van der Waals surface area contributed by atoms with Crippen LogP contribution in [0.25, 0.3) is 0 Å². The number of carbonyl (C=O) groups excluding carboxylic acids is 1. The van der Waals surface area contributed by atoms with Crippen molar-refractivity contribution in [3.8, 4) is 5.88 Å². The molecule has 0 aliphatic carbocycles. The molecule has 1 unspecified atom stereocenters. The molecule has 2 saturated heterocycles. The minimum Gasteiger partial charge on any atom is -0.474 e. The highest BCUT2D eigenvalue weighted by atomic mass is 32.1. The van der Waals surface area contributed by atoms with Crippen LogP contribution in [0.2, 0.25) is 0 Å². The zero-order valence-corrected chi connectivity index (χ0v) is 19.1. The van der Waals surface area contributed by atoms with E-state index in [-0.39, 0.29) is 5.69 Å². The number of aromatic nitrogens is 2. The summed E-state index contributed by atoms with van der Waals surface area (Å²) in [6, 6.07) is 3.11. The molecule has 0 saturated carbocycles. The summed E-state index contributed by atoms with van der Waals surface area (Å²) >= 11 is 1.09. The molecule has 2 aliphatic rings. The molecule has 3 heterocycles. The molecule has 0 spiro atoms. The van der Waals surface area contributed by atoms with E-state index in [9.17, 15) is 18.0 Å². The summed E-state index contributed by atoms with van der Waals surface area (Å²) < 4.78 is 53.8. The summed E-state index contributed by atoms with van der Waals surface area (Å²) in [6.07, 6.45) is -2.20. The van der Waals surface area contributed by atoms with Crippen LogP contribution in [-0.2, 0) is 6.18 Å². The van der Waals surface area contributed by atoms with E-state index >= 15 is 0 Å². The maximum atomic E-state index is 13.1. The molecule has 2 aliphatic heterocycles. The quantitative estimate of drug-likeness (QED) is 0.675. The Morgan fingerprint density at radius 3 is 2.73 bits per heavy atom. The van der Waals surface area contributed by atoms with Crippen molar-refractivity contribution in [2.24, 2.45) is 5.92 Å². The van der Waals surface area contributed by atoms with Crippen LogP contribution in [0.15, 0.2) is 18.2 Å². The summed E-state index contributed by atoms with van der Waals surface area (Å²) in [4.78, 5) is 16.2. The minimum atomic E-state index is -4.47. The highest BCUT2D eigenvalue weighted by molar-refractivity contribution is 6.99. The normalized spacial score (nSPS) is 19.5. The monoisotopic (exact) mass is 484 g/mol. The number of hydrogen-bond acceptors (Lipinski definition) is 7. The second-order valence-corrected chi connectivity index (χ2v) is 8.93. The van der Waals surface area contributed by atoms with E-state index in [4.69, 9.17) is 4.74 Å². The Balaban J connectivity index is 1.31. The number of piperidine rings is 1. The fraction of sp³-hybridized carbons (Fsp3) is 0.571. The molecule has 180 valence electrons. The van der Waals surface area contributed by atoms with Gasteiger partial charge in [-0.3, -0.25) is 0 Å². The number of hydrogen-bond donors (Lipinski definition) is 2. The number of halogens is 3. The van der Waals surface area contributed by atoms with Gasteiger partial charge in [0.1, 0.15) is 0 Å². The number of nitrogens with zero attached hydrogens (tertiary/aromatic N) is 4. The van der Waals surface area contributed by atoms with Crippen LogP contribution in [0.1, 0.15) is 24.0 Å². The second kappa shape index (κ2) is 10.1. The van der Waals surface area contributed by atoms with Crippen LogP contribution < -0.4 is 20.3 Å². The molecular formula is C21H27F3N6O2S. The lowest BCUT2D eigenvalue weighted by Gasteiger charge is -2.35. The number of rotatable bonds is 5. The number of piperazine rings is 1. The van der Waals surface area contributed by atoms with Crippen molar-refractivity contribution in [1.29, 1.82) is 0 Å². The first kappa shape index (κ1) is 23.6. The van der Waals surface area contributed by atoms with Gasteiger partial charge in [0.2, 0.25) is 5.82 Å². The Morgan fingerprint density at radius 2 is 2.03 bits per heavy atom. The largest absolute Gasteiger partial charge is 0.474 e. The smallest absolute Gasteiger partial charge is 0.416 e. The van der Waals surface area contributed by atoms with Gasteiger partial charge in [-0.1, -0.05) is 0 Å². The van der Waals surface area contributed by atoms with E-state index in [1.165, 1.54) is 6.07 Å². The zero-order chi connectivity index (χ0) is 23.4. The first-order valence-corrected chi connectivity index (χ1v) is 11.7. The number of ether oxygens (including phenoxy) is 1. The van der Waals surface area contributed by atoms with Gasteiger partial charge in [-0.05, 0) is 50.1 Å². The molecule has 2 N–H and O–H groups in total. The Bertz CT molecular complexity index is 956. The molecule has 33 heavy (non-hydrogen) atoms. The lowest BCUT2D eigenvalue weighted by molar-refractivity contribution is -0.137. The van der Waals surface area contributed by atoms with Crippen LogP contribution in [0.4, 0.5) is 29.5 Å². The van der Waals surface area contributed by atoms with Gasteiger partial charge in [-0.2, -0.15) is 17.5 Å². The van der Waals surface area contributed by atoms with Crippen molar-refractivity contribution in [1.82, 2.24) is 19.0 Å². The van der Waals surface area contributed by atoms with Crippen molar-refractivity contribution in [2.75, 3.05) is 56.1 Å². The molecule has 4 rings (SSSR count). The van der Waals surface area contributed by atoms with E-state index in [1.54, 1.807) is 11.8 Å². The zero-order valence-electron chi connectivity index (χ0n) is 18.3. The van der Waals surface area contributed by atoms with Crippen molar-refractivity contribution in [3.63, 3.8) is 0 Å². The minimum absolute atomic E-state index is 0.131.